The number of hydrogen-bond donors (Lipinski definition) is 1. The second-order valence-corrected chi connectivity index (χ2v) is 8.99. The molecule has 1 atom stereocenters. The summed E-state index contributed by atoms with van der Waals surface area (Å²) in [5.41, 5.74) is -0.0747. The van der Waals surface area contributed by atoms with Crippen molar-refractivity contribution in [2.45, 2.75) is 33.8 Å². The van der Waals surface area contributed by atoms with Gasteiger partial charge in [0.15, 0.2) is 0 Å². The van der Waals surface area contributed by atoms with E-state index in [4.69, 9.17) is 31.9 Å². The van der Waals surface area contributed by atoms with Crippen molar-refractivity contribution >= 4 is 21.6 Å². The highest BCUT2D eigenvalue weighted by molar-refractivity contribution is 7.48. The molecule has 0 bridgehead atoms. The zero-order valence-electron chi connectivity index (χ0n) is 18.1. The fraction of sp³-hybridized carbons (Fsp3) is 0.611. The van der Waals surface area contributed by atoms with Gasteiger partial charge in [-0.05, 0) is 39.8 Å². The molecule has 0 aromatic heterocycles. The minimum atomic E-state index is -4.02. The molecule has 0 heterocycles. The Kier molecular flexibility index (Phi) is 12.5. The van der Waals surface area contributed by atoms with Crippen molar-refractivity contribution in [2.75, 3.05) is 39.6 Å². The van der Waals surface area contributed by atoms with Gasteiger partial charge < -0.3 is 9.84 Å². The lowest BCUT2D eigenvalue weighted by Gasteiger charge is -2.24. The molecule has 0 aliphatic rings. The van der Waals surface area contributed by atoms with Crippen LogP contribution in [0.4, 0.5) is 0 Å². The van der Waals surface area contributed by atoms with Gasteiger partial charge in [0, 0.05) is 0 Å². The summed E-state index contributed by atoms with van der Waals surface area (Å²) in [5, 5.41) is 9.79. The number of rotatable bonds is 16. The number of benzene rings is 1. The van der Waals surface area contributed by atoms with Crippen molar-refractivity contribution in [3.8, 4) is 5.75 Å². The van der Waals surface area contributed by atoms with E-state index in [1.807, 2.05) is 0 Å². The number of ether oxygens (including phenoxy) is 1. The molecule has 11 nitrogen and oxygen atoms in total. The van der Waals surface area contributed by atoms with Crippen LogP contribution < -0.4 is 0 Å². The normalized spacial score (nSPS) is 13.2. The molecular formula is C18H30O11P2. The molecule has 0 radical (unpaired) electrons. The molecule has 0 aliphatic heterocycles. The molecule has 31 heavy (non-hydrogen) atoms. The lowest BCUT2D eigenvalue weighted by Crippen LogP contribution is -2.27. The van der Waals surface area contributed by atoms with Crippen LogP contribution in [-0.4, -0.2) is 56.8 Å². The summed E-state index contributed by atoms with van der Waals surface area (Å²) < 4.78 is 61.3. The van der Waals surface area contributed by atoms with Crippen molar-refractivity contribution in [1.82, 2.24) is 0 Å². The van der Waals surface area contributed by atoms with E-state index in [0.717, 1.165) is 0 Å². The predicted octanol–water partition coefficient (Wildman–Crippen LogP) is 4.31. The van der Waals surface area contributed by atoms with Crippen molar-refractivity contribution in [3.05, 3.63) is 29.8 Å². The number of esters is 1. The van der Waals surface area contributed by atoms with Crippen LogP contribution in [0.25, 0.3) is 0 Å². The molecule has 0 aliphatic carbocycles. The van der Waals surface area contributed by atoms with Crippen LogP contribution in [0, 0.1) is 0 Å². The Hall–Kier alpha value is -1.29. The Morgan fingerprint density at radius 1 is 0.839 bits per heavy atom. The van der Waals surface area contributed by atoms with Gasteiger partial charge in [0.2, 0.25) is 0 Å². The Labute approximate surface area is 182 Å². The maximum absolute atomic E-state index is 12.7. The number of para-hydroxylation sites is 1. The minimum Gasteiger partial charge on any atom is -0.507 e. The number of phenols is 1. The fourth-order valence-electron chi connectivity index (χ4n) is 2.20. The monoisotopic (exact) mass is 484 g/mol. The smallest absolute Gasteiger partial charge is 0.475 e. The number of carbonyl (C=O) groups excluding carboxylic acids is 1. The highest BCUT2D eigenvalue weighted by atomic mass is 31.2. The Morgan fingerprint density at radius 3 is 1.87 bits per heavy atom. The van der Waals surface area contributed by atoms with Crippen LogP contribution in [-0.2, 0) is 41.0 Å². The lowest BCUT2D eigenvalue weighted by molar-refractivity contribution is -0.00421. The van der Waals surface area contributed by atoms with Gasteiger partial charge in [-0.2, -0.15) is 0 Å². The molecule has 0 fully saturated rings. The molecule has 1 aromatic rings. The number of phosphoric acid groups is 2. The topological polar surface area (TPSA) is 136 Å². The van der Waals surface area contributed by atoms with Gasteiger partial charge in [0.05, 0.1) is 33.0 Å². The van der Waals surface area contributed by atoms with Crippen LogP contribution >= 0.6 is 15.6 Å². The number of hydrogen-bond acceptors (Lipinski definition) is 11. The Bertz CT molecular complexity index is 751. The largest absolute Gasteiger partial charge is 0.507 e. The van der Waals surface area contributed by atoms with Gasteiger partial charge in [-0.25, -0.2) is 13.9 Å². The molecule has 1 aromatic carbocycles. The summed E-state index contributed by atoms with van der Waals surface area (Å²) in [6, 6.07) is 5.79. The fourth-order valence-corrected chi connectivity index (χ4v) is 4.72. The molecule has 0 amide bonds. The van der Waals surface area contributed by atoms with Crippen LogP contribution in [0.2, 0.25) is 0 Å². The van der Waals surface area contributed by atoms with Gasteiger partial charge in [-0.3, -0.25) is 27.1 Å². The number of carbonyl (C=O) groups is 1. The molecule has 0 saturated heterocycles. The summed E-state index contributed by atoms with van der Waals surface area (Å²) in [6.45, 7) is 5.62. The predicted molar refractivity (Wildman–Crippen MR) is 111 cm³/mol. The third-order valence-electron chi connectivity index (χ3n) is 3.37. The molecule has 1 rings (SSSR count). The van der Waals surface area contributed by atoms with Crippen molar-refractivity contribution in [3.63, 3.8) is 0 Å². The first-order chi connectivity index (χ1) is 14.7. The van der Waals surface area contributed by atoms with Gasteiger partial charge in [0.25, 0.3) is 0 Å². The Morgan fingerprint density at radius 2 is 1.35 bits per heavy atom. The molecule has 178 valence electrons. The van der Waals surface area contributed by atoms with E-state index in [0.29, 0.717) is 0 Å². The SMILES string of the molecule is CCOP(=O)(OCC)OCC(COC(=O)c1ccccc1O)OP(=O)(OCC)OCC. The lowest BCUT2D eigenvalue weighted by atomic mass is 10.2. The quantitative estimate of drug-likeness (QED) is 0.265. The van der Waals surface area contributed by atoms with Crippen LogP contribution in [0.15, 0.2) is 24.3 Å². The van der Waals surface area contributed by atoms with E-state index in [9.17, 15) is 19.0 Å². The zero-order valence-corrected chi connectivity index (χ0v) is 19.8. The van der Waals surface area contributed by atoms with Gasteiger partial charge in [-0.15, -0.1) is 0 Å². The first kappa shape index (κ1) is 27.7. The first-order valence-corrected chi connectivity index (χ1v) is 12.7. The second kappa shape index (κ2) is 14.0. The minimum absolute atomic E-state index is 0.0267. The Balaban J connectivity index is 2.95. The van der Waals surface area contributed by atoms with Gasteiger partial charge in [0.1, 0.15) is 24.0 Å². The van der Waals surface area contributed by atoms with Gasteiger partial charge >= 0.3 is 21.6 Å². The number of phenolic OH excluding ortho intramolecular Hbond substituents is 1. The highest BCUT2D eigenvalue weighted by Gasteiger charge is 2.34. The van der Waals surface area contributed by atoms with Crippen LogP contribution in [0.5, 0.6) is 5.75 Å². The van der Waals surface area contributed by atoms with E-state index >= 15 is 0 Å². The summed E-state index contributed by atoms with van der Waals surface area (Å²) in [5.74, 6) is -1.13. The number of phosphoric ester groups is 2. The third-order valence-corrected chi connectivity index (χ3v) is 6.69. The second-order valence-electron chi connectivity index (χ2n) is 5.70. The summed E-state index contributed by atoms with van der Waals surface area (Å²) in [7, 11) is -7.94. The summed E-state index contributed by atoms with van der Waals surface area (Å²) in [4.78, 5) is 12.3. The van der Waals surface area contributed by atoms with Gasteiger partial charge in [-0.1, -0.05) is 12.1 Å². The molecule has 1 N–H and O–H groups in total. The maximum Gasteiger partial charge on any atom is 0.475 e. The average molecular weight is 484 g/mol. The summed E-state index contributed by atoms with van der Waals surface area (Å²) >= 11 is 0. The molecule has 13 heteroatoms. The van der Waals surface area contributed by atoms with Crippen molar-refractivity contribution < 1.29 is 50.9 Å². The summed E-state index contributed by atoms with van der Waals surface area (Å²) in [6.07, 6.45) is -1.21. The number of aromatic hydroxyl groups is 1. The molecule has 1 unspecified atom stereocenters. The molecule has 0 saturated carbocycles. The van der Waals surface area contributed by atoms with Crippen molar-refractivity contribution in [2.24, 2.45) is 0 Å². The van der Waals surface area contributed by atoms with E-state index in [-0.39, 0.29) is 37.7 Å². The standard InChI is InChI=1S/C18H30O11P2/c1-5-24-30(21,25-6-2)28-14-15(29-31(22,26-7-3)27-8-4)13-23-18(20)16-11-9-10-12-17(16)19/h9-12,15,19H,5-8,13-14H2,1-4H3. The molecular weight excluding hydrogens is 454 g/mol. The average Bonchev–Trinajstić information content (AvgIpc) is 2.71. The van der Waals surface area contributed by atoms with Crippen LogP contribution in [0.3, 0.4) is 0 Å². The van der Waals surface area contributed by atoms with E-state index in [1.165, 1.54) is 12.1 Å². The first-order valence-electron chi connectivity index (χ1n) is 9.78. The van der Waals surface area contributed by atoms with E-state index in [2.05, 4.69) is 0 Å². The maximum atomic E-state index is 12.7. The zero-order chi connectivity index (χ0) is 23.3. The van der Waals surface area contributed by atoms with E-state index in [1.54, 1.807) is 39.8 Å². The molecule has 0 spiro atoms. The van der Waals surface area contributed by atoms with E-state index < -0.39 is 40.9 Å². The highest BCUT2D eigenvalue weighted by Crippen LogP contribution is 2.52. The van der Waals surface area contributed by atoms with Crippen molar-refractivity contribution in [1.29, 1.82) is 0 Å². The third kappa shape index (κ3) is 9.80. The van der Waals surface area contributed by atoms with Crippen LogP contribution in [0.1, 0.15) is 38.1 Å².